The topological polar surface area (TPSA) is 70.1 Å². The molecule has 1 unspecified atom stereocenters. The Morgan fingerprint density at radius 3 is 2.83 bits per heavy atom. The highest BCUT2D eigenvalue weighted by Gasteiger charge is 2.44. The maximum Gasteiger partial charge on any atom is 0.335 e. The van der Waals surface area contributed by atoms with Crippen LogP contribution in [0.4, 0.5) is 5.69 Å². The van der Waals surface area contributed by atoms with E-state index in [0.717, 1.165) is 42.8 Å². The number of likely N-dealkylation sites (N-methyl/N-ethyl adjacent to an activating group) is 1. The van der Waals surface area contributed by atoms with E-state index in [1.54, 1.807) is 29.2 Å². The van der Waals surface area contributed by atoms with Crippen molar-refractivity contribution in [3.8, 4) is 5.75 Å². The van der Waals surface area contributed by atoms with Crippen molar-refractivity contribution >= 4 is 29.2 Å². The minimum absolute atomic E-state index is 0.0290. The van der Waals surface area contributed by atoms with Crippen LogP contribution in [0.5, 0.6) is 5.75 Å². The number of aromatic carboxylic acids is 1. The van der Waals surface area contributed by atoms with E-state index in [1.165, 1.54) is 11.1 Å². The summed E-state index contributed by atoms with van der Waals surface area (Å²) in [5, 5.41) is 10.4. The molecule has 1 spiro atoms. The van der Waals surface area contributed by atoms with Gasteiger partial charge in [0.2, 0.25) is 5.91 Å². The van der Waals surface area contributed by atoms with Crippen molar-refractivity contribution in [2.45, 2.75) is 37.5 Å². The molecule has 3 aliphatic rings. The lowest BCUT2D eigenvalue weighted by molar-refractivity contribution is -0.139. The summed E-state index contributed by atoms with van der Waals surface area (Å²) in [7, 11) is 1.83. The Bertz CT molecular complexity index is 1200. The number of anilines is 1. The minimum Gasteiger partial charge on any atom is -0.490 e. The molecule has 1 aliphatic heterocycles. The van der Waals surface area contributed by atoms with Crippen LogP contribution in [0.15, 0.2) is 49.1 Å². The van der Waals surface area contributed by atoms with Crippen LogP contribution < -0.4 is 9.64 Å². The number of fused-ring (bicyclic) bond motifs is 3. The highest BCUT2D eigenvalue weighted by molar-refractivity contribution is 6.30. The zero-order valence-corrected chi connectivity index (χ0v) is 21.5. The first-order valence-corrected chi connectivity index (χ1v) is 13.1. The summed E-state index contributed by atoms with van der Waals surface area (Å²) in [4.78, 5) is 28.9. The van der Waals surface area contributed by atoms with E-state index in [-0.39, 0.29) is 28.7 Å². The highest BCUT2D eigenvalue weighted by Crippen LogP contribution is 2.46. The second-order valence-corrected chi connectivity index (χ2v) is 11.0. The summed E-state index contributed by atoms with van der Waals surface area (Å²) in [6, 6.07) is 11.3. The molecular formula is C29H33ClN2O4. The Balaban J connectivity index is 1.50. The molecule has 0 radical (unpaired) electrons. The van der Waals surface area contributed by atoms with Crippen molar-refractivity contribution in [3.63, 3.8) is 0 Å². The van der Waals surface area contributed by atoms with Crippen molar-refractivity contribution < 1.29 is 19.4 Å². The third-order valence-electron chi connectivity index (χ3n) is 8.25. The zero-order valence-electron chi connectivity index (χ0n) is 20.7. The van der Waals surface area contributed by atoms with Gasteiger partial charge in [-0.1, -0.05) is 23.7 Å². The van der Waals surface area contributed by atoms with Gasteiger partial charge < -0.3 is 19.6 Å². The molecule has 5 rings (SSSR count). The van der Waals surface area contributed by atoms with E-state index < -0.39 is 5.97 Å². The van der Waals surface area contributed by atoms with Gasteiger partial charge in [-0.2, -0.15) is 0 Å². The minimum atomic E-state index is -0.961. The molecule has 6 nitrogen and oxygen atoms in total. The maximum atomic E-state index is 13.1. The Labute approximate surface area is 217 Å². The number of rotatable bonds is 6. The smallest absolute Gasteiger partial charge is 0.335 e. The normalized spacial score (nSPS) is 24.6. The van der Waals surface area contributed by atoms with Gasteiger partial charge in [-0.05, 0) is 79.5 Å². The second kappa shape index (κ2) is 9.81. The van der Waals surface area contributed by atoms with E-state index in [4.69, 9.17) is 16.3 Å². The van der Waals surface area contributed by atoms with E-state index in [0.29, 0.717) is 32.0 Å². The number of nitrogens with zero attached hydrogens (tertiary/aromatic N) is 2. The molecule has 36 heavy (non-hydrogen) atoms. The quantitative estimate of drug-likeness (QED) is 0.544. The van der Waals surface area contributed by atoms with E-state index in [2.05, 4.69) is 23.6 Å². The summed E-state index contributed by atoms with van der Waals surface area (Å²) in [6.45, 7) is 6.20. The van der Waals surface area contributed by atoms with Gasteiger partial charge in [-0.3, -0.25) is 4.79 Å². The number of carboxylic acids is 1. The van der Waals surface area contributed by atoms with E-state index in [9.17, 15) is 14.7 Å². The number of benzene rings is 2. The van der Waals surface area contributed by atoms with Crippen LogP contribution in [-0.2, 0) is 16.6 Å². The average Bonchev–Trinajstić information content (AvgIpc) is 2.99. The number of hydrogen-bond acceptors (Lipinski definition) is 4. The third-order valence-corrected chi connectivity index (χ3v) is 8.49. The molecule has 1 heterocycles. The second-order valence-electron chi connectivity index (χ2n) is 10.5. The molecule has 2 aliphatic carbocycles. The molecule has 0 aromatic heterocycles. The van der Waals surface area contributed by atoms with Crippen molar-refractivity contribution in [2.24, 2.45) is 11.8 Å². The number of carboxylic acid groups (broad SMARTS) is 1. The molecule has 190 valence electrons. The largest absolute Gasteiger partial charge is 0.490 e. The molecule has 0 saturated heterocycles. The fraction of sp³-hybridized carbons (Fsp3) is 0.448. The van der Waals surface area contributed by atoms with Crippen molar-refractivity contribution in [3.05, 3.63) is 70.8 Å². The van der Waals surface area contributed by atoms with Gasteiger partial charge >= 0.3 is 5.97 Å². The van der Waals surface area contributed by atoms with Gasteiger partial charge in [-0.15, -0.1) is 6.58 Å². The molecular weight excluding hydrogens is 476 g/mol. The number of aryl methyl sites for hydroxylation is 1. The third kappa shape index (κ3) is 4.47. The summed E-state index contributed by atoms with van der Waals surface area (Å²) < 4.78 is 6.42. The van der Waals surface area contributed by atoms with E-state index in [1.807, 2.05) is 13.1 Å². The van der Waals surface area contributed by atoms with Gasteiger partial charge in [0.25, 0.3) is 0 Å². The molecule has 3 atom stereocenters. The molecule has 1 amide bonds. The molecule has 2 aromatic carbocycles. The van der Waals surface area contributed by atoms with Gasteiger partial charge in [0.05, 0.1) is 17.9 Å². The van der Waals surface area contributed by atoms with Crippen LogP contribution in [0.1, 0.15) is 47.2 Å². The Morgan fingerprint density at radius 2 is 2.11 bits per heavy atom. The molecule has 2 aromatic rings. The molecule has 0 bridgehead atoms. The Morgan fingerprint density at radius 1 is 1.28 bits per heavy atom. The predicted octanol–water partition coefficient (Wildman–Crippen LogP) is 5.18. The fourth-order valence-corrected chi connectivity index (χ4v) is 6.40. The first-order chi connectivity index (χ1) is 17.3. The lowest BCUT2D eigenvalue weighted by Crippen LogP contribution is -2.50. The zero-order chi connectivity index (χ0) is 25.4. The van der Waals surface area contributed by atoms with Crippen LogP contribution >= 0.6 is 11.6 Å². The lowest BCUT2D eigenvalue weighted by Gasteiger charge is -2.44. The molecule has 7 heteroatoms. The first-order valence-electron chi connectivity index (χ1n) is 12.7. The van der Waals surface area contributed by atoms with Gasteiger partial charge in [0, 0.05) is 43.0 Å². The number of carbonyl (C=O) groups excluding carboxylic acids is 1. The van der Waals surface area contributed by atoms with Crippen molar-refractivity contribution in [2.75, 3.05) is 38.2 Å². The summed E-state index contributed by atoms with van der Waals surface area (Å²) in [5.41, 5.74) is 3.33. The summed E-state index contributed by atoms with van der Waals surface area (Å²) in [5.74, 6) is 0.0679. The van der Waals surface area contributed by atoms with Crippen LogP contribution in [0.3, 0.4) is 0 Å². The summed E-state index contributed by atoms with van der Waals surface area (Å²) in [6.07, 6.45) is 6.61. The van der Waals surface area contributed by atoms with Gasteiger partial charge in [-0.25, -0.2) is 4.79 Å². The van der Waals surface area contributed by atoms with Crippen molar-refractivity contribution in [1.29, 1.82) is 0 Å². The van der Waals surface area contributed by atoms with Gasteiger partial charge in [0.1, 0.15) is 5.75 Å². The van der Waals surface area contributed by atoms with Crippen LogP contribution in [0.25, 0.3) is 0 Å². The fourth-order valence-electron chi connectivity index (χ4n) is 6.21. The molecule has 1 fully saturated rings. The first kappa shape index (κ1) is 24.7. The summed E-state index contributed by atoms with van der Waals surface area (Å²) >= 11 is 6.33. The monoisotopic (exact) mass is 508 g/mol. The number of amides is 1. The average molecular weight is 509 g/mol. The SMILES string of the molecule is C=CCN(C)C(=O)[C@@H]1CC[C@H]1CN1CC2(CCCc3cc(Cl)ccc32)COc2ccc(C(=O)O)cc21. The predicted molar refractivity (Wildman–Crippen MR) is 141 cm³/mol. The molecule has 1 N–H and O–H groups in total. The Hall–Kier alpha value is -2.99. The number of carbonyl (C=O) groups is 2. The van der Waals surface area contributed by atoms with Crippen LogP contribution in [-0.4, -0.2) is 55.2 Å². The highest BCUT2D eigenvalue weighted by atomic mass is 35.5. The van der Waals surface area contributed by atoms with E-state index >= 15 is 0 Å². The number of halogens is 1. The van der Waals surface area contributed by atoms with Crippen molar-refractivity contribution in [1.82, 2.24) is 4.90 Å². The molecule has 1 saturated carbocycles. The van der Waals surface area contributed by atoms with Crippen LogP contribution in [0.2, 0.25) is 5.02 Å². The standard InChI is InChI=1S/C29H33ClN2O4/c1-3-13-31(2)27(33)23-9-6-21(23)16-32-17-29(12-4-5-19-14-22(30)8-10-24(19)29)18-36-26-11-7-20(28(34)35)15-25(26)32/h3,7-8,10-11,14-15,21,23H,1,4-6,9,12-13,16-18H2,2H3,(H,34,35)/t21-,23+,29?/m0/s1. The number of hydrogen-bond donors (Lipinski definition) is 1. The lowest BCUT2D eigenvalue weighted by atomic mass is 9.69. The number of ether oxygens (including phenoxy) is 1. The Kier molecular flexibility index (Phi) is 6.73. The maximum absolute atomic E-state index is 13.1. The van der Waals surface area contributed by atoms with Crippen LogP contribution in [0, 0.1) is 11.8 Å². The van der Waals surface area contributed by atoms with Gasteiger partial charge in [0.15, 0.2) is 0 Å².